The van der Waals surface area contributed by atoms with Gasteiger partial charge in [0.05, 0.1) is 25.6 Å². The summed E-state index contributed by atoms with van der Waals surface area (Å²) in [4.78, 5) is 36.2. The fourth-order valence-corrected chi connectivity index (χ4v) is 11.3. The molecule has 4 heterocycles. The molecule has 472 valence electrons. The Morgan fingerprint density at radius 2 is 1.12 bits per heavy atom. The molecule has 4 atom stereocenters. The zero-order chi connectivity index (χ0) is 63.5. The Labute approximate surface area is 522 Å². The summed E-state index contributed by atoms with van der Waals surface area (Å²) in [6.07, 6.45) is 27.8. The molecule has 88 heavy (non-hydrogen) atoms. The number of fused-ring (bicyclic) bond motifs is 2. The molecule has 0 bridgehead atoms. The Morgan fingerprint density at radius 3 is 1.52 bits per heavy atom. The van der Waals surface area contributed by atoms with Gasteiger partial charge in [-0.05, 0) is 202 Å². The van der Waals surface area contributed by atoms with Crippen LogP contribution < -0.4 is 18.9 Å². The topological polar surface area (TPSA) is 144 Å². The van der Waals surface area contributed by atoms with Crippen molar-refractivity contribution in [1.29, 1.82) is 0 Å². The van der Waals surface area contributed by atoms with Crippen LogP contribution in [0.3, 0.4) is 0 Å². The van der Waals surface area contributed by atoms with Crippen molar-refractivity contribution in [1.82, 2.24) is 19.8 Å². The lowest BCUT2D eigenvalue weighted by Gasteiger charge is -2.33. The monoisotopic (exact) mass is 1200 g/mol. The number of rotatable bonds is 23. The Bertz CT molecular complexity index is 3270. The summed E-state index contributed by atoms with van der Waals surface area (Å²) < 4.78 is 55.6. The van der Waals surface area contributed by atoms with Gasteiger partial charge in [-0.2, -0.15) is 0 Å². The van der Waals surface area contributed by atoms with Crippen LogP contribution in [0.5, 0.6) is 23.3 Å². The normalized spacial score (nSPS) is 17.0. The van der Waals surface area contributed by atoms with Gasteiger partial charge >= 0.3 is 11.9 Å². The number of ether oxygens (including phenoxy) is 4. The van der Waals surface area contributed by atoms with Crippen LogP contribution in [0.25, 0.3) is 22.3 Å². The summed E-state index contributed by atoms with van der Waals surface area (Å²) >= 11 is 0. The number of aliphatic carboxylic acids is 2. The van der Waals surface area contributed by atoms with Crippen molar-refractivity contribution in [2.45, 2.75) is 195 Å². The zero-order valence-corrected chi connectivity index (χ0v) is 53.5. The number of aryl methyl sites for hydroxylation is 2. The first-order chi connectivity index (χ1) is 42.5. The fraction of sp³-hybridized carbons (Fsp3) is 0.486. The van der Waals surface area contributed by atoms with E-state index in [4.69, 9.17) is 18.9 Å². The van der Waals surface area contributed by atoms with Crippen molar-refractivity contribution in [2.75, 3.05) is 26.8 Å². The molecule has 3 aliphatic carbocycles. The Kier molecular flexibility index (Phi) is 25.4. The molecule has 4 aromatic carbocycles. The molecule has 0 spiro atoms. The van der Waals surface area contributed by atoms with Gasteiger partial charge in [-0.25, -0.2) is 18.7 Å². The van der Waals surface area contributed by atoms with E-state index in [2.05, 4.69) is 67.2 Å². The molecule has 14 heteroatoms. The van der Waals surface area contributed by atoms with Gasteiger partial charge in [0.2, 0.25) is 11.8 Å². The number of halogens is 2. The number of methoxy groups -OCH3 is 1. The van der Waals surface area contributed by atoms with Crippen molar-refractivity contribution >= 4 is 11.9 Å². The maximum Gasteiger partial charge on any atom is 0.306 e. The van der Waals surface area contributed by atoms with E-state index in [1.54, 1.807) is 45.5 Å². The Balaban J connectivity index is 0.000000224. The second-order valence-electron chi connectivity index (χ2n) is 24.3. The smallest absolute Gasteiger partial charge is 0.306 e. The minimum Gasteiger partial charge on any atom is -0.485 e. The average Bonchev–Trinajstić information content (AvgIpc) is 2.14. The number of terminal acetylenes is 1. The number of benzene rings is 4. The third kappa shape index (κ3) is 18.8. The molecule has 2 aliphatic heterocycles. The molecule has 0 radical (unpaired) electrons. The second kappa shape index (κ2) is 32.8. The first-order valence-electron chi connectivity index (χ1n) is 32.1. The van der Waals surface area contributed by atoms with Gasteiger partial charge in [-0.1, -0.05) is 97.4 Å². The highest BCUT2D eigenvalue weighted by molar-refractivity contribution is 5.72. The van der Waals surface area contributed by atoms with Crippen LogP contribution >= 0.6 is 0 Å². The minimum absolute atomic E-state index is 0.223. The van der Waals surface area contributed by atoms with Gasteiger partial charge in [-0.3, -0.25) is 19.4 Å². The molecule has 12 nitrogen and oxygen atoms in total. The van der Waals surface area contributed by atoms with E-state index in [0.29, 0.717) is 73.5 Å². The molecule has 3 fully saturated rings. The van der Waals surface area contributed by atoms with Crippen LogP contribution in [-0.4, -0.2) is 80.3 Å². The number of hydrogen-bond acceptors (Lipinski definition) is 10. The minimum atomic E-state index is -0.828. The number of nitrogens with zero attached hydrogens (tertiary/aromatic N) is 4. The molecule has 2 N–H and O–H groups in total. The van der Waals surface area contributed by atoms with Gasteiger partial charge in [0.15, 0.2) is 0 Å². The number of pyridine rings is 2. The van der Waals surface area contributed by atoms with Crippen molar-refractivity contribution in [3.63, 3.8) is 0 Å². The third-order valence-electron chi connectivity index (χ3n) is 17.0. The number of carboxylic acids is 2. The zero-order valence-electron chi connectivity index (χ0n) is 53.5. The van der Waals surface area contributed by atoms with Crippen LogP contribution in [0.1, 0.15) is 189 Å². The summed E-state index contributed by atoms with van der Waals surface area (Å²) in [5.41, 5.74) is 10.8. The summed E-state index contributed by atoms with van der Waals surface area (Å²) in [6.45, 7) is 20.0. The summed E-state index contributed by atoms with van der Waals surface area (Å²) in [5, 5.41) is 18.6. The number of hydrogen-bond donors (Lipinski definition) is 2. The van der Waals surface area contributed by atoms with Crippen LogP contribution in [0.15, 0.2) is 97.3 Å². The predicted molar refractivity (Wildman–Crippen MR) is 346 cm³/mol. The van der Waals surface area contributed by atoms with Gasteiger partial charge < -0.3 is 29.2 Å². The molecule has 11 rings (SSSR count). The highest BCUT2D eigenvalue weighted by atomic mass is 19.1. The molecule has 3 saturated carbocycles. The number of aromatic nitrogens is 2. The van der Waals surface area contributed by atoms with E-state index in [1.807, 2.05) is 79.7 Å². The second-order valence-corrected chi connectivity index (χ2v) is 24.3. The van der Waals surface area contributed by atoms with Crippen LogP contribution in [0.4, 0.5) is 8.78 Å². The molecule has 0 saturated heterocycles. The maximum atomic E-state index is 16.1. The van der Waals surface area contributed by atoms with Crippen molar-refractivity contribution < 1.29 is 47.5 Å². The first-order valence-corrected chi connectivity index (χ1v) is 32.1. The van der Waals surface area contributed by atoms with Gasteiger partial charge in [-0.15, -0.1) is 12.8 Å². The van der Waals surface area contributed by atoms with Crippen LogP contribution in [-0.2, 0) is 48.4 Å². The van der Waals surface area contributed by atoms with Gasteiger partial charge in [0, 0.05) is 60.3 Å². The van der Waals surface area contributed by atoms with Crippen LogP contribution in [0, 0.1) is 36.3 Å². The molecule has 6 aromatic rings. The van der Waals surface area contributed by atoms with Gasteiger partial charge in [0.1, 0.15) is 35.3 Å². The van der Waals surface area contributed by atoms with Gasteiger partial charge in [0.25, 0.3) is 0 Å². The average molecular weight is 1210 g/mol. The third-order valence-corrected chi connectivity index (χ3v) is 17.0. The Morgan fingerprint density at radius 1 is 0.659 bits per heavy atom. The van der Waals surface area contributed by atoms with Crippen molar-refractivity contribution in [3.8, 4) is 58.4 Å². The largest absolute Gasteiger partial charge is 0.485 e. The van der Waals surface area contributed by atoms with Crippen LogP contribution in [0.2, 0.25) is 0 Å². The fourth-order valence-electron chi connectivity index (χ4n) is 11.3. The predicted octanol–water partition coefficient (Wildman–Crippen LogP) is 16.8. The molecular weight excluding hydrogens is 1110 g/mol. The summed E-state index contributed by atoms with van der Waals surface area (Å²) in [6, 6.07) is 26.9. The van der Waals surface area contributed by atoms with Crippen molar-refractivity contribution in [2.24, 2.45) is 11.8 Å². The van der Waals surface area contributed by atoms with E-state index < -0.39 is 36.0 Å². The van der Waals surface area contributed by atoms with E-state index in [-0.39, 0.29) is 17.2 Å². The molecule has 5 aliphatic rings. The first kappa shape index (κ1) is 68.2. The van der Waals surface area contributed by atoms with E-state index in [0.717, 1.165) is 107 Å². The lowest BCUT2D eigenvalue weighted by molar-refractivity contribution is -0.142. The quantitative estimate of drug-likeness (QED) is 0.0589. The highest BCUT2D eigenvalue weighted by Gasteiger charge is 2.46. The lowest BCUT2D eigenvalue weighted by atomic mass is 9.91. The number of carbonyl (C=O) groups is 2. The van der Waals surface area contributed by atoms with E-state index in [1.165, 1.54) is 51.4 Å². The molecule has 3 unspecified atom stereocenters. The van der Waals surface area contributed by atoms with E-state index >= 15 is 8.78 Å². The molecule has 2 aromatic heterocycles. The maximum absolute atomic E-state index is 16.1. The lowest BCUT2D eigenvalue weighted by Crippen LogP contribution is -2.37. The van der Waals surface area contributed by atoms with E-state index in [9.17, 15) is 19.8 Å². The standard InChI is InChI=1S/C35H43FN2O4.C31H37FN2O4.2C3H6.C2H2/c1-5-16-38(35(6-2)13-14-35)22-27-19-29(30(36)21-28(27)26-12-15-37-33(20-26)41-7-3)31-11-10-25-9-8-24(18-32(25)42-31)17-23(4)34(39)40;1-6-34(19(2)3)18-24-15-26(27(32)17-25(24)23-11-12-33-30(16-23)37-5)28-10-9-22-8-7-21(14-29(22)38-28)13-20(4)31(35)36;2*1-2-3-1;1-2/h8-9,12,15,18-21,23,31H,5-7,10-11,13-14,16-17,22H2,1-4H3,(H,39,40);7-8,11-12,14-17,19-20,28H,6,9-10,13,18H2,1-5H3,(H,35,36);2*1-3H2;1-2H/t;20-,28?;;;/m.0.../s1. The summed E-state index contributed by atoms with van der Waals surface area (Å²) in [7, 11) is 1.57. The molecule has 0 amide bonds. The summed E-state index contributed by atoms with van der Waals surface area (Å²) in [5.74, 6) is -0.790. The SMILES string of the molecule is C#C.C1CC1.C1CC1.CCCN(Cc1cc(C2CCc3ccc(CC(C)C(=O)O)cc3O2)c(F)cc1-c1ccnc(OCC)c1)C1(CC)CC1.CCN(Cc1cc(C2CCc3ccc(C[C@H](C)C(=O)O)cc3O2)c(F)cc1-c1ccnc(OC)c1)C(C)C. The highest BCUT2D eigenvalue weighted by Crippen LogP contribution is 2.47. The Hall–Kier alpha value is -7.34. The number of carboxylic acid groups (broad SMARTS) is 2. The van der Waals surface area contributed by atoms with Crippen molar-refractivity contribution in [3.05, 3.63) is 153 Å². The molecular formula is C74H94F2N4O8.